The van der Waals surface area contributed by atoms with Gasteiger partial charge in [-0.2, -0.15) is 0 Å². The minimum absolute atomic E-state index is 0.194. The lowest BCUT2D eigenvalue weighted by Crippen LogP contribution is -2.44. The number of aliphatic hydroxyl groups excluding tert-OH is 1. The summed E-state index contributed by atoms with van der Waals surface area (Å²) >= 11 is 0. The zero-order valence-electron chi connectivity index (χ0n) is 9.01. The molecular formula is C10H23NO2. The van der Waals surface area contributed by atoms with E-state index in [0.29, 0.717) is 12.6 Å². The van der Waals surface area contributed by atoms with Gasteiger partial charge in [-0.3, -0.25) is 0 Å². The van der Waals surface area contributed by atoms with Crippen LogP contribution in [0, 0.1) is 0 Å². The van der Waals surface area contributed by atoms with Crippen molar-refractivity contribution < 1.29 is 10.2 Å². The Morgan fingerprint density at radius 1 is 1.46 bits per heavy atom. The number of rotatable bonds is 7. The molecule has 2 atom stereocenters. The van der Waals surface area contributed by atoms with E-state index in [0.717, 1.165) is 6.42 Å². The van der Waals surface area contributed by atoms with Crippen LogP contribution in [0.1, 0.15) is 40.0 Å². The fraction of sp³-hybridized carbons (Fsp3) is 1.00. The van der Waals surface area contributed by atoms with E-state index in [9.17, 15) is 5.11 Å². The summed E-state index contributed by atoms with van der Waals surface area (Å²) < 4.78 is 0. The minimum Gasteiger partial charge on any atom is -0.393 e. The van der Waals surface area contributed by atoms with Gasteiger partial charge in [0, 0.05) is 12.6 Å². The van der Waals surface area contributed by atoms with Gasteiger partial charge in [0.05, 0.1) is 12.2 Å². The van der Waals surface area contributed by atoms with Crippen LogP contribution in [0.15, 0.2) is 0 Å². The summed E-state index contributed by atoms with van der Waals surface area (Å²) in [5.41, 5.74) is -0.986. The molecule has 0 rings (SSSR count). The number of hydrogen-bond donors (Lipinski definition) is 3. The summed E-state index contributed by atoms with van der Waals surface area (Å²) in [6.45, 7) is 6.15. The molecule has 3 heteroatoms. The fourth-order valence-electron chi connectivity index (χ4n) is 1.06. The van der Waals surface area contributed by atoms with Crippen LogP contribution >= 0.6 is 0 Å². The van der Waals surface area contributed by atoms with Crippen molar-refractivity contribution >= 4 is 0 Å². The summed E-state index contributed by atoms with van der Waals surface area (Å²) in [5, 5.41) is 21.5. The number of nitrogens with one attached hydrogen (secondary N) is 1. The first kappa shape index (κ1) is 12.9. The maximum absolute atomic E-state index is 9.49. The van der Waals surface area contributed by atoms with Gasteiger partial charge in [0.1, 0.15) is 0 Å². The molecule has 0 saturated carbocycles. The predicted molar refractivity (Wildman–Crippen MR) is 54.7 cm³/mol. The Balaban J connectivity index is 3.51. The van der Waals surface area contributed by atoms with Crippen LogP contribution in [-0.4, -0.2) is 35.0 Å². The molecule has 3 N–H and O–H groups in total. The molecule has 0 heterocycles. The summed E-state index contributed by atoms with van der Waals surface area (Å²) in [5.74, 6) is 0. The topological polar surface area (TPSA) is 52.5 Å². The van der Waals surface area contributed by atoms with E-state index < -0.39 is 5.60 Å². The molecule has 0 fully saturated rings. The van der Waals surface area contributed by atoms with Crippen molar-refractivity contribution in [1.82, 2.24) is 5.32 Å². The van der Waals surface area contributed by atoms with Gasteiger partial charge in [0.15, 0.2) is 0 Å². The van der Waals surface area contributed by atoms with Crippen LogP contribution < -0.4 is 5.32 Å². The Morgan fingerprint density at radius 2 is 2.08 bits per heavy atom. The van der Waals surface area contributed by atoms with Crippen LogP contribution in [0.3, 0.4) is 0 Å². The fourth-order valence-corrected chi connectivity index (χ4v) is 1.06. The highest BCUT2D eigenvalue weighted by molar-refractivity contribution is 4.75. The van der Waals surface area contributed by atoms with Crippen molar-refractivity contribution in [3.63, 3.8) is 0 Å². The molecule has 13 heavy (non-hydrogen) atoms. The maximum atomic E-state index is 9.49. The van der Waals surface area contributed by atoms with Crippen molar-refractivity contribution in [2.75, 3.05) is 13.2 Å². The third-order valence-electron chi connectivity index (χ3n) is 2.16. The molecule has 0 aliphatic carbocycles. The second-order valence-electron chi connectivity index (χ2n) is 4.08. The van der Waals surface area contributed by atoms with Gasteiger partial charge in [0.2, 0.25) is 0 Å². The molecule has 0 radical (unpaired) electrons. The molecule has 0 bridgehead atoms. The molecule has 0 saturated heterocycles. The lowest BCUT2D eigenvalue weighted by Gasteiger charge is -2.23. The average molecular weight is 189 g/mol. The lowest BCUT2D eigenvalue weighted by atomic mass is 10.1. The van der Waals surface area contributed by atoms with Gasteiger partial charge in [-0.15, -0.1) is 0 Å². The summed E-state index contributed by atoms with van der Waals surface area (Å²) in [4.78, 5) is 0. The quantitative estimate of drug-likeness (QED) is 0.557. The molecule has 0 aliphatic heterocycles. The molecule has 0 aliphatic rings. The standard InChI is InChI=1S/C10H23NO2/c1-4-5-6-9(2)11-7-10(3,13)8-12/h9,11-13H,4-8H2,1-3H3. The van der Waals surface area contributed by atoms with Crippen LogP contribution in [-0.2, 0) is 0 Å². The first-order chi connectivity index (χ1) is 6.02. The highest BCUT2D eigenvalue weighted by Crippen LogP contribution is 2.03. The van der Waals surface area contributed by atoms with Crippen molar-refractivity contribution in [2.45, 2.75) is 51.7 Å². The Hall–Kier alpha value is -0.120. The summed E-state index contributed by atoms with van der Waals surface area (Å²) in [6, 6.07) is 0.415. The molecule has 0 aromatic heterocycles. The van der Waals surface area contributed by atoms with Crippen LogP contribution in [0.5, 0.6) is 0 Å². The summed E-state index contributed by atoms with van der Waals surface area (Å²) in [6.07, 6.45) is 3.52. The molecule has 80 valence electrons. The highest BCUT2D eigenvalue weighted by Gasteiger charge is 2.18. The van der Waals surface area contributed by atoms with Crippen molar-refractivity contribution in [3.8, 4) is 0 Å². The Morgan fingerprint density at radius 3 is 2.54 bits per heavy atom. The second-order valence-corrected chi connectivity index (χ2v) is 4.08. The Kier molecular flexibility index (Phi) is 6.29. The maximum Gasteiger partial charge on any atom is 0.0972 e. The zero-order chi connectivity index (χ0) is 10.3. The normalized spacial score (nSPS) is 18.2. The number of hydrogen-bond acceptors (Lipinski definition) is 3. The van der Waals surface area contributed by atoms with E-state index in [1.165, 1.54) is 12.8 Å². The minimum atomic E-state index is -0.986. The van der Waals surface area contributed by atoms with Crippen LogP contribution in [0.25, 0.3) is 0 Å². The molecule has 3 nitrogen and oxygen atoms in total. The van der Waals surface area contributed by atoms with Crippen LogP contribution in [0.4, 0.5) is 0 Å². The van der Waals surface area contributed by atoms with E-state index in [4.69, 9.17) is 5.11 Å². The van der Waals surface area contributed by atoms with E-state index in [-0.39, 0.29) is 6.61 Å². The third-order valence-corrected chi connectivity index (χ3v) is 2.16. The van der Waals surface area contributed by atoms with E-state index in [2.05, 4.69) is 19.2 Å². The van der Waals surface area contributed by atoms with E-state index >= 15 is 0 Å². The van der Waals surface area contributed by atoms with Crippen molar-refractivity contribution in [1.29, 1.82) is 0 Å². The first-order valence-electron chi connectivity index (χ1n) is 5.08. The number of unbranched alkanes of at least 4 members (excludes halogenated alkanes) is 1. The number of aliphatic hydroxyl groups is 2. The van der Waals surface area contributed by atoms with Gasteiger partial charge in [-0.25, -0.2) is 0 Å². The van der Waals surface area contributed by atoms with Crippen molar-refractivity contribution in [3.05, 3.63) is 0 Å². The Labute approximate surface area is 81.2 Å². The molecule has 2 unspecified atom stereocenters. The molecule has 0 aromatic rings. The summed E-state index contributed by atoms with van der Waals surface area (Å²) in [7, 11) is 0. The van der Waals surface area contributed by atoms with Crippen LogP contribution in [0.2, 0.25) is 0 Å². The lowest BCUT2D eigenvalue weighted by molar-refractivity contribution is 0.000908. The average Bonchev–Trinajstić information content (AvgIpc) is 2.11. The SMILES string of the molecule is CCCCC(C)NCC(C)(O)CO. The zero-order valence-corrected chi connectivity index (χ0v) is 9.01. The third kappa shape index (κ3) is 6.99. The first-order valence-corrected chi connectivity index (χ1v) is 5.08. The monoisotopic (exact) mass is 189 g/mol. The van der Waals surface area contributed by atoms with Gasteiger partial charge in [-0.1, -0.05) is 19.8 Å². The van der Waals surface area contributed by atoms with Gasteiger partial charge < -0.3 is 15.5 Å². The predicted octanol–water partition coefficient (Wildman–Crippen LogP) is 0.898. The van der Waals surface area contributed by atoms with E-state index in [1.54, 1.807) is 6.92 Å². The van der Waals surface area contributed by atoms with Gasteiger partial charge in [-0.05, 0) is 20.3 Å². The van der Waals surface area contributed by atoms with Crippen molar-refractivity contribution in [2.24, 2.45) is 0 Å². The highest BCUT2D eigenvalue weighted by atomic mass is 16.3. The molecule has 0 spiro atoms. The molecule has 0 amide bonds. The van der Waals surface area contributed by atoms with Gasteiger partial charge in [0.25, 0.3) is 0 Å². The molecule has 0 aromatic carbocycles. The van der Waals surface area contributed by atoms with Gasteiger partial charge >= 0.3 is 0 Å². The molecular weight excluding hydrogens is 166 g/mol. The Bertz CT molecular complexity index is 126. The van der Waals surface area contributed by atoms with E-state index in [1.807, 2.05) is 0 Å². The largest absolute Gasteiger partial charge is 0.393 e. The smallest absolute Gasteiger partial charge is 0.0972 e. The second kappa shape index (κ2) is 6.35.